The van der Waals surface area contributed by atoms with Crippen molar-refractivity contribution in [1.82, 2.24) is 9.97 Å². The average Bonchev–Trinajstić information content (AvgIpc) is 2.63. The molecule has 1 atom stereocenters. The molecule has 5 heteroatoms. The Kier molecular flexibility index (Phi) is 4.10. The predicted octanol–water partition coefficient (Wildman–Crippen LogP) is 3.53. The molecule has 0 aliphatic rings. The monoisotopic (exact) mass is 280 g/mol. The van der Waals surface area contributed by atoms with Crippen molar-refractivity contribution in [2.75, 3.05) is 7.11 Å². The minimum atomic E-state index is -0.169. The number of hydrogen-bond donors (Lipinski definition) is 0. The molecule has 2 rings (SSSR count). The highest BCUT2D eigenvalue weighted by atomic mass is 35.5. The van der Waals surface area contributed by atoms with E-state index >= 15 is 0 Å². The average molecular weight is 281 g/mol. The maximum absolute atomic E-state index is 6.50. The third-order valence-corrected chi connectivity index (χ3v) is 3.60. The molecule has 0 amide bonds. The van der Waals surface area contributed by atoms with Gasteiger partial charge in [0.15, 0.2) is 0 Å². The van der Waals surface area contributed by atoms with Gasteiger partial charge in [-0.1, -0.05) is 0 Å². The Morgan fingerprint density at radius 3 is 2.58 bits per heavy atom. The van der Waals surface area contributed by atoms with E-state index in [9.17, 15) is 0 Å². The minimum absolute atomic E-state index is 0.169. The van der Waals surface area contributed by atoms with Crippen LogP contribution < -0.4 is 4.74 Å². The molecule has 2 heterocycles. The van der Waals surface area contributed by atoms with Gasteiger partial charge in [0.25, 0.3) is 0 Å². The molecule has 1 unspecified atom stereocenters. The molecule has 0 saturated carbocycles. The van der Waals surface area contributed by atoms with Gasteiger partial charge in [-0.25, -0.2) is 9.97 Å². The maximum atomic E-state index is 6.50. The largest absolute Gasteiger partial charge is 0.481 e. The summed E-state index contributed by atoms with van der Waals surface area (Å²) >= 11 is 6.50. The van der Waals surface area contributed by atoms with E-state index in [4.69, 9.17) is 20.8 Å². The summed E-state index contributed by atoms with van der Waals surface area (Å²) in [5, 5.41) is -0.169. The molecule has 0 fully saturated rings. The number of methoxy groups -OCH3 is 1. The van der Waals surface area contributed by atoms with E-state index in [1.165, 1.54) is 6.33 Å². The number of alkyl halides is 1. The zero-order valence-corrected chi connectivity index (χ0v) is 12.3. The smallest absolute Gasteiger partial charge is 0.216 e. The first kappa shape index (κ1) is 13.9. The van der Waals surface area contributed by atoms with Gasteiger partial charge < -0.3 is 9.15 Å². The van der Waals surface area contributed by atoms with Crippen molar-refractivity contribution in [2.45, 2.75) is 32.6 Å². The lowest BCUT2D eigenvalue weighted by Gasteiger charge is -2.10. The molecule has 2 aromatic heterocycles. The number of rotatable bonds is 4. The van der Waals surface area contributed by atoms with Crippen LogP contribution >= 0.6 is 11.6 Å². The van der Waals surface area contributed by atoms with Crippen LogP contribution in [-0.2, 0) is 6.42 Å². The van der Waals surface area contributed by atoms with Gasteiger partial charge in [0, 0.05) is 23.7 Å². The highest BCUT2D eigenvalue weighted by Crippen LogP contribution is 2.33. The molecular weight excluding hydrogens is 264 g/mol. The highest BCUT2D eigenvalue weighted by molar-refractivity contribution is 6.21. The predicted molar refractivity (Wildman–Crippen MR) is 73.8 cm³/mol. The number of aryl methyl sites for hydroxylation is 2. The summed E-state index contributed by atoms with van der Waals surface area (Å²) in [4.78, 5) is 8.19. The first-order chi connectivity index (χ1) is 9.02. The fourth-order valence-corrected chi connectivity index (χ4v) is 2.63. The second-order valence-electron chi connectivity index (χ2n) is 4.48. The molecule has 0 N–H and O–H groups in total. The summed E-state index contributed by atoms with van der Waals surface area (Å²) in [5.74, 6) is 2.33. The first-order valence-electron chi connectivity index (χ1n) is 6.08. The molecule has 0 bridgehead atoms. The molecule has 0 aromatic carbocycles. The van der Waals surface area contributed by atoms with Gasteiger partial charge >= 0.3 is 0 Å². The molecule has 102 valence electrons. The number of nitrogens with zero attached hydrogens (tertiary/aromatic N) is 2. The molecule has 4 nitrogen and oxygen atoms in total. The van der Waals surface area contributed by atoms with Gasteiger partial charge in [-0.3, -0.25) is 0 Å². The standard InChI is InChI=1S/C14H17ClN2O2/c1-8-9(2)19-10(3)14(8)12(15)5-11-6-13(18-4)17-7-16-11/h6-7,12H,5H2,1-4H3. The van der Waals surface area contributed by atoms with Crippen LogP contribution in [0.15, 0.2) is 16.8 Å². The molecule has 0 spiro atoms. The number of hydrogen-bond acceptors (Lipinski definition) is 4. The van der Waals surface area contributed by atoms with E-state index in [2.05, 4.69) is 9.97 Å². The second-order valence-corrected chi connectivity index (χ2v) is 5.00. The van der Waals surface area contributed by atoms with Crippen molar-refractivity contribution in [3.05, 3.63) is 40.7 Å². The Morgan fingerprint density at radius 1 is 1.26 bits per heavy atom. The zero-order chi connectivity index (χ0) is 14.0. The SMILES string of the molecule is COc1cc(CC(Cl)c2c(C)oc(C)c2C)ncn1. The Hall–Kier alpha value is -1.55. The van der Waals surface area contributed by atoms with Crippen molar-refractivity contribution in [3.63, 3.8) is 0 Å². The minimum Gasteiger partial charge on any atom is -0.481 e. The summed E-state index contributed by atoms with van der Waals surface area (Å²) < 4.78 is 10.7. The topological polar surface area (TPSA) is 48.2 Å². The lowest BCUT2D eigenvalue weighted by Crippen LogP contribution is -2.01. The third-order valence-electron chi connectivity index (χ3n) is 3.23. The van der Waals surface area contributed by atoms with Crippen LogP contribution in [-0.4, -0.2) is 17.1 Å². The van der Waals surface area contributed by atoms with Crippen LogP contribution in [0.3, 0.4) is 0 Å². The molecule has 2 aromatic rings. The van der Waals surface area contributed by atoms with Crippen molar-refractivity contribution in [3.8, 4) is 5.88 Å². The van der Waals surface area contributed by atoms with E-state index in [0.29, 0.717) is 12.3 Å². The van der Waals surface area contributed by atoms with E-state index in [1.54, 1.807) is 13.2 Å². The number of furan rings is 1. The Morgan fingerprint density at radius 2 is 2.00 bits per heavy atom. The van der Waals surface area contributed by atoms with Crippen LogP contribution in [0.5, 0.6) is 5.88 Å². The molecule has 0 aliphatic carbocycles. The lowest BCUT2D eigenvalue weighted by molar-refractivity contribution is 0.396. The third kappa shape index (κ3) is 2.89. The summed E-state index contributed by atoms with van der Waals surface area (Å²) in [6.45, 7) is 5.91. The Labute approximate surface area is 117 Å². The molecule has 0 aliphatic heterocycles. The fourth-order valence-electron chi connectivity index (χ4n) is 2.16. The molecule has 0 saturated heterocycles. The first-order valence-corrected chi connectivity index (χ1v) is 6.52. The van der Waals surface area contributed by atoms with E-state index in [0.717, 1.165) is 28.3 Å². The van der Waals surface area contributed by atoms with Gasteiger partial charge in [-0.05, 0) is 26.3 Å². The Balaban J connectivity index is 2.22. The summed E-state index contributed by atoms with van der Waals surface area (Å²) in [7, 11) is 1.58. The van der Waals surface area contributed by atoms with Crippen molar-refractivity contribution < 1.29 is 9.15 Å². The van der Waals surface area contributed by atoms with Crippen molar-refractivity contribution >= 4 is 11.6 Å². The van der Waals surface area contributed by atoms with Gasteiger partial charge in [0.05, 0.1) is 12.5 Å². The number of halogens is 1. The summed E-state index contributed by atoms with van der Waals surface area (Å²) in [5.41, 5.74) is 3.01. The number of aromatic nitrogens is 2. The normalized spacial score (nSPS) is 12.5. The van der Waals surface area contributed by atoms with E-state index in [-0.39, 0.29) is 5.38 Å². The molecular formula is C14H17ClN2O2. The van der Waals surface area contributed by atoms with Crippen LogP contribution in [0, 0.1) is 20.8 Å². The van der Waals surface area contributed by atoms with Crippen molar-refractivity contribution in [1.29, 1.82) is 0 Å². The maximum Gasteiger partial charge on any atom is 0.216 e. The quantitative estimate of drug-likeness (QED) is 0.804. The zero-order valence-electron chi connectivity index (χ0n) is 11.5. The second kappa shape index (κ2) is 5.61. The Bertz CT molecular complexity index is 581. The van der Waals surface area contributed by atoms with Crippen LogP contribution in [0.25, 0.3) is 0 Å². The van der Waals surface area contributed by atoms with Gasteiger partial charge in [-0.15, -0.1) is 11.6 Å². The van der Waals surface area contributed by atoms with Crippen LogP contribution in [0.1, 0.15) is 33.7 Å². The van der Waals surface area contributed by atoms with Gasteiger partial charge in [-0.2, -0.15) is 0 Å². The van der Waals surface area contributed by atoms with Crippen LogP contribution in [0.4, 0.5) is 0 Å². The highest BCUT2D eigenvalue weighted by Gasteiger charge is 2.20. The summed E-state index contributed by atoms with van der Waals surface area (Å²) in [6.07, 6.45) is 2.10. The molecule has 0 radical (unpaired) electrons. The van der Waals surface area contributed by atoms with E-state index < -0.39 is 0 Å². The summed E-state index contributed by atoms with van der Waals surface area (Å²) in [6, 6.07) is 1.80. The lowest BCUT2D eigenvalue weighted by atomic mass is 10.0. The van der Waals surface area contributed by atoms with Crippen LogP contribution in [0.2, 0.25) is 0 Å². The van der Waals surface area contributed by atoms with Gasteiger partial charge in [0.1, 0.15) is 17.8 Å². The number of ether oxygens (including phenoxy) is 1. The van der Waals surface area contributed by atoms with Crippen molar-refractivity contribution in [2.24, 2.45) is 0 Å². The van der Waals surface area contributed by atoms with E-state index in [1.807, 2.05) is 20.8 Å². The molecule has 19 heavy (non-hydrogen) atoms. The van der Waals surface area contributed by atoms with Gasteiger partial charge in [0.2, 0.25) is 5.88 Å². The fraction of sp³-hybridized carbons (Fsp3) is 0.429.